The van der Waals surface area contributed by atoms with Crippen molar-refractivity contribution in [1.82, 2.24) is 9.80 Å². The van der Waals surface area contributed by atoms with Gasteiger partial charge in [-0.1, -0.05) is 0 Å². The van der Waals surface area contributed by atoms with Crippen LogP contribution in [-0.2, 0) is 13.1 Å². The van der Waals surface area contributed by atoms with E-state index >= 15 is 0 Å². The molecule has 0 atom stereocenters. The zero-order valence-electron chi connectivity index (χ0n) is 16.5. The second-order valence-electron chi connectivity index (χ2n) is 7.00. The third kappa shape index (κ3) is 7.66. The van der Waals surface area contributed by atoms with Crippen molar-refractivity contribution < 1.29 is 9.47 Å². The van der Waals surface area contributed by atoms with Gasteiger partial charge in [-0.3, -0.25) is 0 Å². The minimum Gasteiger partial charge on any atom is -0.492 e. The number of ether oxygens (including phenoxy) is 2. The van der Waals surface area contributed by atoms with Crippen molar-refractivity contribution in [2.75, 3.05) is 41.4 Å². The van der Waals surface area contributed by atoms with Gasteiger partial charge in [0.25, 0.3) is 0 Å². The molecule has 0 N–H and O–H groups in total. The van der Waals surface area contributed by atoms with Crippen molar-refractivity contribution in [2.45, 2.75) is 38.8 Å². The molecule has 0 aliphatic heterocycles. The Morgan fingerprint density at radius 1 is 0.692 bits per heavy atom. The highest BCUT2D eigenvalue weighted by Gasteiger charge is 2.07. The van der Waals surface area contributed by atoms with Crippen LogP contribution in [0.2, 0.25) is 0 Å². The number of hydrogen-bond acceptors (Lipinski definition) is 6. The van der Waals surface area contributed by atoms with E-state index in [1.807, 2.05) is 0 Å². The summed E-state index contributed by atoms with van der Waals surface area (Å²) in [6.45, 7) is 3.50. The van der Waals surface area contributed by atoms with Crippen LogP contribution in [0, 0.1) is 0 Å². The predicted octanol–water partition coefficient (Wildman–Crippen LogP) is 4.95. The molecule has 0 saturated heterocycles. The number of rotatable bonds is 13. The quantitative estimate of drug-likeness (QED) is 0.447. The lowest BCUT2D eigenvalue weighted by Crippen LogP contribution is -2.10. The first-order chi connectivity index (χ1) is 12.6. The van der Waals surface area contributed by atoms with Crippen LogP contribution in [0.4, 0.5) is 0 Å². The zero-order valence-corrected chi connectivity index (χ0v) is 18.1. The molecule has 0 aliphatic carbocycles. The van der Waals surface area contributed by atoms with Crippen LogP contribution < -0.4 is 9.47 Å². The molecule has 0 fully saturated rings. The first-order valence-electron chi connectivity index (χ1n) is 9.24. The molecule has 146 valence electrons. The molecule has 0 aliphatic rings. The third-order valence-corrected chi connectivity index (χ3v) is 5.66. The Kier molecular flexibility index (Phi) is 9.46. The lowest BCUT2D eigenvalue weighted by atomic mass is 10.2. The van der Waals surface area contributed by atoms with Gasteiger partial charge in [0.2, 0.25) is 0 Å². The van der Waals surface area contributed by atoms with Crippen LogP contribution in [0.1, 0.15) is 35.4 Å². The smallest absolute Gasteiger partial charge is 0.134 e. The molecule has 0 saturated carbocycles. The van der Waals surface area contributed by atoms with Crippen molar-refractivity contribution in [1.29, 1.82) is 0 Å². The molecular weight excluding hydrogens is 364 g/mol. The molecule has 0 aromatic carbocycles. The summed E-state index contributed by atoms with van der Waals surface area (Å²) in [5.74, 6) is 2.11. The highest BCUT2D eigenvalue weighted by Crippen LogP contribution is 2.27. The van der Waals surface area contributed by atoms with Gasteiger partial charge in [-0.05, 0) is 76.8 Å². The molecular formula is C20H32N2O2S2. The first kappa shape index (κ1) is 21.2. The third-order valence-electron chi connectivity index (χ3n) is 3.88. The van der Waals surface area contributed by atoms with Crippen LogP contribution in [0.25, 0.3) is 0 Å². The van der Waals surface area contributed by atoms with Gasteiger partial charge in [0.1, 0.15) is 11.5 Å². The van der Waals surface area contributed by atoms with Gasteiger partial charge in [0.15, 0.2) is 0 Å². The van der Waals surface area contributed by atoms with Crippen molar-refractivity contribution in [3.05, 3.63) is 32.6 Å². The van der Waals surface area contributed by atoms with Crippen LogP contribution in [0.3, 0.4) is 0 Å². The Morgan fingerprint density at radius 2 is 1.12 bits per heavy atom. The summed E-state index contributed by atoms with van der Waals surface area (Å²) in [5.41, 5.74) is 0. The zero-order chi connectivity index (χ0) is 18.8. The summed E-state index contributed by atoms with van der Waals surface area (Å²) in [6, 6.07) is 4.17. The van der Waals surface area contributed by atoms with Gasteiger partial charge in [0, 0.05) is 13.1 Å². The molecule has 0 bridgehead atoms. The minimum absolute atomic E-state index is 0.801. The van der Waals surface area contributed by atoms with E-state index in [2.05, 4.69) is 60.9 Å². The summed E-state index contributed by atoms with van der Waals surface area (Å²) in [5, 5.41) is 4.22. The highest BCUT2D eigenvalue weighted by atomic mass is 32.1. The van der Waals surface area contributed by atoms with E-state index in [9.17, 15) is 0 Å². The minimum atomic E-state index is 0.801. The summed E-state index contributed by atoms with van der Waals surface area (Å²) >= 11 is 3.54. The lowest BCUT2D eigenvalue weighted by Gasteiger charge is -2.12. The van der Waals surface area contributed by atoms with Crippen molar-refractivity contribution in [3.63, 3.8) is 0 Å². The fraction of sp³-hybridized carbons (Fsp3) is 0.600. The molecule has 2 heterocycles. The maximum atomic E-state index is 5.95. The average molecular weight is 397 g/mol. The van der Waals surface area contributed by atoms with E-state index < -0.39 is 0 Å². The van der Waals surface area contributed by atoms with E-state index in [1.165, 1.54) is 22.6 Å². The number of unbranched alkanes of at least 4 members (excludes halogenated alkanes) is 3. The molecule has 4 nitrogen and oxygen atoms in total. The van der Waals surface area contributed by atoms with Crippen molar-refractivity contribution >= 4 is 22.7 Å². The van der Waals surface area contributed by atoms with Gasteiger partial charge < -0.3 is 19.3 Å². The second-order valence-corrected chi connectivity index (χ2v) is 9.00. The largest absolute Gasteiger partial charge is 0.492 e. The fourth-order valence-corrected chi connectivity index (χ4v) is 4.51. The summed E-state index contributed by atoms with van der Waals surface area (Å²) in [4.78, 5) is 6.98. The molecule has 2 rings (SSSR count). The second kappa shape index (κ2) is 11.6. The Balaban J connectivity index is 1.54. The van der Waals surface area contributed by atoms with E-state index in [-0.39, 0.29) is 0 Å². The van der Waals surface area contributed by atoms with Gasteiger partial charge in [-0.15, -0.1) is 22.7 Å². The van der Waals surface area contributed by atoms with Crippen LogP contribution in [-0.4, -0.2) is 51.2 Å². The van der Waals surface area contributed by atoms with Gasteiger partial charge in [-0.25, -0.2) is 0 Å². The Morgan fingerprint density at radius 3 is 1.50 bits per heavy atom. The number of hydrogen-bond donors (Lipinski definition) is 0. The molecule has 26 heavy (non-hydrogen) atoms. The van der Waals surface area contributed by atoms with Crippen LogP contribution in [0.5, 0.6) is 11.5 Å². The SMILES string of the molecule is CN(C)Cc1sccc1OCCCCCCOc1ccsc1CN(C)C. The monoisotopic (exact) mass is 396 g/mol. The summed E-state index contributed by atoms with van der Waals surface area (Å²) < 4.78 is 11.9. The molecule has 0 radical (unpaired) electrons. The van der Waals surface area contributed by atoms with E-state index in [0.29, 0.717) is 0 Å². The Hall–Kier alpha value is -1.08. The van der Waals surface area contributed by atoms with Gasteiger partial charge in [-0.2, -0.15) is 0 Å². The lowest BCUT2D eigenvalue weighted by molar-refractivity contribution is 0.282. The van der Waals surface area contributed by atoms with Gasteiger partial charge in [0.05, 0.1) is 23.0 Å². The van der Waals surface area contributed by atoms with Crippen LogP contribution in [0.15, 0.2) is 22.9 Å². The van der Waals surface area contributed by atoms with E-state index in [4.69, 9.17) is 9.47 Å². The average Bonchev–Trinajstić information content (AvgIpc) is 3.18. The maximum absolute atomic E-state index is 5.95. The fourth-order valence-electron chi connectivity index (χ4n) is 2.64. The number of thiophene rings is 2. The van der Waals surface area contributed by atoms with E-state index in [0.717, 1.165) is 50.6 Å². The summed E-state index contributed by atoms with van der Waals surface area (Å²) in [6.07, 6.45) is 4.57. The van der Waals surface area contributed by atoms with E-state index in [1.54, 1.807) is 22.7 Å². The standard InChI is InChI=1S/C20H32N2O2S2/c1-21(2)15-19-17(9-13-25-19)23-11-7-5-6-8-12-24-18-10-14-26-20(18)16-22(3)4/h9-10,13-14H,5-8,11-12,15-16H2,1-4H3. The van der Waals surface area contributed by atoms with Crippen LogP contribution >= 0.6 is 22.7 Å². The normalized spacial score (nSPS) is 11.5. The Bertz CT molecular complexity index is 569. The van der Waals surface area contributed by atoms with Crippen molar-refractivity contribution in [3.8, 4) is 11.5 Å². The molecule has 2 aromatic rings. The first-order valence-corrected chi connectivity index (χ1v) is 11.0. The number of nitrogens with zero attached hydrogens (tertiary/aromatic N) is 2. The maximum Gasteiger partial charge on any atom is 0.134 e. The summed E-state index contributed by atoms with van der Waals surface area (Å²) in [7, 11) is 8.35. The van der Waals surface area contributed by atoms with Crippen molar-refractivity contribution in [2.24, 2.45) is 0 Å². The van der Waals surface area contributed by atoms with Gasteiger partial charge >= 0.3 is 0 Å². The Labute approximate surface area is 166 Å². The highest BCUT2D eigenvalue weighted by molar-refractivity contribution is 7.10. The predicted molar refractivity (Wildman–Crippen MR) is 113 cm³/mol. The molecule has 0 spiro atoms. The topological polar surface area (TPSA) is 24.9 Å². The molecule has 2 aromatic heterocycles. The molecule has 0 amide bonds. The molecule has 6 heteroatoms. The molecule has 0 unspecified atom stereocenters.